The summed E-state index contributed by atoms with van der Waals surface area (Å²) in [7, 11) is -1.98. The van der Waals surface area contributed by atoms with Crippen LogP contribution in [0.3, 0.4) is 0 Å². The molecule has 2 aliphatic rings. The maximum absolute atomic E-state index is 12.6. The molecule has 3 rings (SSSR count). The number of amides is 1. The zero-order chi connectivity index (χ0) is 15.7. The lowest BCUT2D eigenvalue weighted by atomic mass is 10.0. The number of sulfone groups is 1. The summed E-state index contributed by atoms with van der Waals surface area (Å²) >= 11 is 0. The molecular formula is C15H20N2O4S. The lowest BCUT2D eigenvalue weighted by molar-refractivity contribution is 0.187. The van der Waals surface area contributed by atoms with Gasteiger partial charge in [0.15, 0.2) is 9.84 Å². The van der Waals surface area contributed by atoms with Crippen LogP contribution in [0.1, 0.15) is 37.3 Å². The van der Waals surface area contributed by atoms with Crippen molar-refractivity contribution in [2.45, 2.75) is 41.9 Å². The van der Waals surface area contributed by atoms with Gasteiger partial charge in [-0.05, 0) is 56.0 Å². The molecule has 1 aromatic rings. The predicted octanol–water partition coefficient (Wildman–Crippen LogP) is 2.23. The van der Waals surface area contributed by atoms with Crippen molar-refractivity contribution in [1.29, 1.82) is 0 Å². The summed E-state index contributed by atoms with van der Waals surface area (Å²) in [5.41, 5.74) is 1.30. The van der Waals surface area contributed by atoms with Gasteiger partial charge in [-0.3, -0.25) is 5.32 Å². The monoisotopic (exact) mass is 324 g/mol. The SMILES string of the molecule is COC(=O)Nc1ccc(S(=O)(=O)C2CC2)c([C@H]2CCCN2)c1. The van der Waals surface area contributed by atoms with E-state index in [1.807, 2.05) is 0 Å². The Labute approximate surface area is 130 Å². The van der Waals surface area contributed by atoms with Gasteiger partial charge in [0, 0.05) is 11.7 Å². The van der Waals surface area contributed by atoms with Crippen molar-refractivity contribution in [1.82, 2.24) is 5.32 Å². The maximum Gasteiger partial charge on any atom is 0.411 e. The van der Waals surface area contributed by atoms with Gasteiger partial charge >= 0.3 is 6.09 Å². The number of hydrogen-bond acceptors (Lipinski definition) is 5. The Balaban J connectivity index is 1.99. The third-order valence-electron chi connectivity index (χ3n) is 4.15. The summed E-state index contributed by atoms with van der Waals surface area (Å²) in [6.45, 7) is 0.877. The fourth-order valence-corrected chi connectivity index (χ4v) is 4.74. The lowest BCUT2D eigenvalue weighted by Crippen LogP contribution is -2.19. The fourth-order valence-electron chi connectivity index (χ4n) is 2.83. The number of methoxy groups -OCH3 is 1. The van der Waals surface area contributed by atoms with E-state index in [9.17, 15) is 13.2 Å². The molecule has 2 fully saturated rings. The predicted molar refractivity (Wildman–Crippen MR) is 82.7 cm³/mol. The molecule has 2 N–H and O–H groups in total. The maximum atomic E-state index is 12.6. The normalized spacial score (nSPS) is 21.6. The van der Waals surface area contributed by atoms with Crippen molar-refractivity contribution in [3.05, 3.63) is 23.8 Å². The molecule has 0 unspecified atom stereocenters. The minimum Gasteiger partial charge on any atom is -0.453 e. The van der Waals surface area contributed by atoms with Gasteiger partial charge < -0.3 is 10.1 Å². The molecule has 0 spiro atoms. The molecule has 1 aromatic carbocycles. The zero-order valence-electron chi connectivity index (χ0n) is 12.5. The summed E-state index contributed by atoms with van der Waals surface area (Å²) in [6.07, 6.45) is 2.82. The summed E-state index contributed by atoms with van der Waals surface area (Å²) in [4.78, 5) is 11.7. The number of rotatable bonds is 4. The minimum atomic E-state index is -3.27. The van der Waals surface area contributed by atoms with Crippen LogP contribution in [-0.4, -0.2) is 33.4 Å². The van der Waals surface area contributed by atoms with Crippen LogP contribution < -0.4 is 10.6 Å². The lowest BCUT2D eigenvalue weighted by Gasteiger charge is -2.17. The summed E-state index contributed by atoms with van der Waals surface area (Å²) in [5.74, 6) is 0. The Kier molecular flexibility index (Phi) is 4.10. The van der Waals surface area contributed by atoms with Crippen LogP contribution in [0.2, 0.25) is 0 Å². The molecule has 1 aliphatic heterocycles. The summed E-state index contributed by atoms with van der Waals surface area (Å²) < 4.78 is 29.8. The smallest absolute Gasteiger partial charge is 0.411 e. The third kappa shape index (κ3) is 2.96. The zero-order valence-corrected chi connectivity index (χ0v) is 13.3. The van der Waals surface area contributed by atoms with E-state index in [0.717, 1.165) is 37.8 Å². The molecule has 1 amide bonds. The van der Waals surface area contributed by atoms with Crippen LogP contribution in [0.15, 0.2) is 23.1 Å². The molecular weight excluding hydrogens is 304 g/mol. The van der Waals surface area contributed by atoms with Gasteiger partial charge in [-0.1, -0.05) is 0 Å². The van der Waals surface area contributed by atoms with Crippen LogP contribution >= 0.6 is 0 Å². The van der Waals surface area contributed by atoms with Gasteiger partial charge in [0.2, 0.25) is 0 Å². The van der Waals surface area contributed by atoms with Crippen molar-refractivity contribution in [3.8, 4) is 0 Å². The highest BCUT2D eigenvalue weighted by Gasteiger charge is 2.39. The molecule has 0 bridgehead atoms. The third-order valence-corrected chi connectivity index (χ3v) is 6.48. The highest BCUT2D eigenvalue weighted by atomic mass is 32.2. The van der Waals surface area contributed by atoms with Crippen LogP contribution in [0.5, 0.6) is 0 Å². The molecule has 1 saturated carbocycles. The van der Waals surface area contributed by atoms with E-state index in [2.05, 4.69) is 15.4 Å². The summed E-state index contributed by atoms with van der Waals surface area (Å²) in [5, 5.41) is 5.68. The van der Waals surface area contributed by atoms with Crippen molar-refractivity contribution >= 4 is 21.6 Å². The highest BCUT2D eigenvalue weighted by Crippen LogP contribution is 2.38. The average molecular weight is 324 g/mol. The van der Waals surface area contributed by atoms with E-state index in [1.54, 1.807) is 18.2 Å². The fraction of sp³-hybridized carbons (Fsp3) is 0.533. The second kappa shape index (κ2) is 5.89. The van der Waals surface area contributed by atoms with Crippen molar-refractivity contribution in [3.63, 3.8) is 0 Å². The first-order valence-corrected chi connectivity index (χ1v) is 9.03. The Morgan fingerprint density at radius 3 is 2.68 bits per heavy atom. The van der Waals surface area contributed by atoms with Crippen molar-refractivity contribution < 1.29 is 17.9 Å². The average Bonchev–Trinajstić information content (AvgIpc) is 3.23. The number of benzene rings is 1. The Morgan fingerprint density at radius 2 is 2.09 bits per heavy atom. The molecule has 0 aromatic heterocycles. The highest BCUT2D eigenvalue weighted by molar-refractivity contribution is 7.92. The van der Waals surface area contributed by atoms with Gasteiger partial charge in [-0.2, -0.15) is 0 Å². The van der Waals surface area contributed by atoms with Crippen LogP contribution in [0.4, 0.5) is 10.5 Å². The first-order chi connectivity index (χ1) is 10.5. The number of carbonyl (C=O) groups is 1. The molecule has 120 valence electrons. The van der Waals surface area contributed by atoms with Crippen molar-refractivity contribution in [2.24, 2.45) is 0 Å². The Hall–Kier alpha value is -1.60. The molecule has 1 atom stereocenters. The van der Waals surface area contributed by atoms with E-state index >= 15 is 0 Å². The molecule has 0 radical (unpaired) electrons. The number of anilines is 1. The molecule has 22 heavy (non-hydrogen) atoms. The van der Waals surface area contributed by atoms with E-state index in [1.165, 1.54) is 7.11 Å². The molecule has 6 nitrogen and oxygen atoms in total. The van der Waals surface area contributed by atoms with Crippen LogP contribution in [0.25, 0.3) is 0 Å². The Morgan fingerprint density at radius 1 is 1.32 bits per heavy atom. The first-order valence-electron chi connectivity index (χ1n) is 7.48. The van der Waals surface area contributed by atoms with E-state index < -0.39 is 15.9 Å². The van der Waals surface area contributed by atoms with Crippen LogP contribution in [0, 0.1) is 0 Å². The number of nitrogens with one attached hydrogen (secondary N) is 2. The van der Waals surface area contributed by atoms with Gasteiger partial charge in [0.25, 0.3) is 0 Å². The molecule has 1 saturated heterocycles. The molecule has 1 heterocycles. The topological polar surface area (TPSA) is 84.5 Å². The number of hydrogen-bond donors (Lipinski definition) is 2. The van der Waals surface area contributed by atoms with E-state index in [-0.39, 0.29) is 11.3 Å². The van der Waals surface area contributed by atoms with Crippen LogP contribution in [-0.2, 0) is 14.6 Å². The van der Waals surface area contributed by atoms with Crippen molar-refractivity contribution in [2.75, 3.05) is 19.0 Å². The van der Waals surface area contributed by atoms with Gasteiger partial charge in [0.1, 0.15) is 0 Å². The number of ether oxygens (including phenoxy) is 1. The molecule has 1 aliphatic carbocycles. The summed E-state index contributed by atoms with van der Waals surface area (Å²) in [6, 6.07) is 4.98. The second-order valence-electron chi connectivity index (χ2n) is 5.76. The largest absolute Gasteiger partial charge is 0.453 e. The van der Waals surface area contributed by atoms with Gasteiger partial charge in [-0.15, -0.1) is 0 Å². The quantitative estimate of drug-likeness (QED) is 0.887. The van der Waals surface area contributed by atoms with Gasteiger partial charge in [-0.25, -0.2) is 13.2 Å². The number of carbonyl (C=O) groups excluding carboxylic acids is 1. The minimum absolute atomic E-state index is 0.0166. The standard InChI is InChI=1S/C15H20N2O4S/c1-21-15(18)17-10-4-7-14(22(19,20)11-5-6-11)12(9-10)13-3-2-8-16-13/h4,7,9,11,13,16H,2-3,5-6,8H2,1H3,(H,17,18)/t13-/m1/s1. The molecule has 7 heteroatoms. The second-order valence-corrected chi connectivity index (χ2v) is 7.96. The van der Waals surface area contributed by atoms with Gasteiger partial charge in [0.05, 0.1) is 17.3 Å². The Bertz CT molecular complexity index is 677. The van der Waals surface area contributed by atoms with E-state index in [0.29, 0.717) is 10.6 Å². The first kappa shape index (κ1) is 15.3. The van der Waals surface area contributed by atoms with E-state index in [4.69, 9.17) is 0 Å².